The Kier molecular flexibility index (Phi) is 10.6. The Morgan fingerprint density at radius 3 is 2.12 bits per heavy atom. The molecule has 1 saturated carbocycles. The minimum atomic E-state index is -4.25. The molecule has 1 N–H and O–H groups in total. The van der Waals surface area contributed by atoms with Crippen LogP contribution < -0.4 is 9.62 Å². The molecule has 4 rings (SSSR count). The van der Waals surface area contributed by atoms with Gasteiger partial charge in [0.25, 0.3) is 10.0 Å². The number of benzene rings is 3. The molecule has 0 radical (unpaired) electrons. The van der Waals surface area contributed by atoms with Gasteiger partial charge in [-0.3, -0.25) is 13.9 Å². The normalized spacial score (nSPS) is 14.4. The van der Waals surface area contributed by atoms with E-state index in [9.17, 15) is 18.0 Å². The highest BCUT2D eigenvalue weighted by atomic mass is 35.5. The zero-order valence-electron chi connectivity index (χ0n) is 24.1. The van der Waals surface area contributed by atoms with Crippen LogP contribution in [0.5, 0.6) is 0 Å². The number of nitrogens with zero attached hydrogens (tertiary/aromatic N) is 2. The number of rotatable bonds is 11. The van der Waals surface area contributed by atoms with Crippen LogP contribution in [0.25, 0.3) is 0 Å². The number of anilines is 1. The lowest BCUT2D eigenvalue weighted by Gasteiger charge is -2.34. The van der Waals surface area contributed by atoms with Crippen molar-refractivity contribution in [2.45, 2.75) is 76.4 Å². The van der Waals surface area contributed by atoms with Gasteiger partial charge in [-0.2, -0.15) is 0 Å². The molecule has 10 heteroatoms. The van der Waals surface area contributed by atoms with Gasteiger partial charge in [0.05, 0.1) is 20.6 Å². The molecule has 42 heavy (non-hydrogen) atoms. The van der Waals surface area contributed by atoms with Crippen molar-refractivity contribution in [3.05, 3.63) is 93.5 Å². The second-order valence-electron chi connectivity index (χ2n) is 10.8. The monoisotopic (exact) mass is 629 g/mol. The summed E-state index contributed by atoms with van der Waals surface area (Å²) in [5.74, 6) is -0.769. The highest BCUT2D eigenvalue weighted by molar-refractivity contribution is 7.92. The molecule has 7 nitrogen and oxygen atoms in total. The van der Waals surface area contributed by atoms with Crippen LogP contribution in [-0.2, 0) is 26.2 Å². The standard InChI is InChI=1S/C32H37Cl2N3O4S/c1-4-28(32(39)35-25-8-5-6-9-25)36(20-24-16-12-22(2)13-17-24)30(38)21-37(29-11-7-10-27(33)31(29)34)42(40,41)26-18-14-23(3)15-19-26/h7,10-19,25,28H,4-6,8-9,20-21H2,1-3H3,(H,35,39)/t28-/m0/s1. The summed E-state index contributed by atoms with van der Waals surface area (Å²) < 4.78 is 29.1. The Balaban J connectivity index is 1.74. The zero-order valence-corrected chi connectivity index (χ0v) is 26.5. The van der Waals surface area contributed by atoms with Crippen LogP contribution in [0.15, 0.2) is 71.6 Å². The van der Waals surface area contributed by atoms with Gasteiger partial charge in [0.2, 0.25) is 11.8 Å². The van der Waals surface area contributed by atoms with Crippen LogP contribution in [-0.4, -0.2) is 43.8 Å². The third-order valence-electron chi connectivity index (χ3n) is 7.65. The van der Waals surface area contributed by atoms with Crippen LogP contribution in [0.1, 0.15) is 55.7 Å². The van der Waals surface area contributed by atoms with Crippen LogP contribution in [0.2, 0.25) is 10.0 Å². The van der Waals surface area contributed by atoms with Crippen molar-refractivity contribution in [3.63, 3.8) is 0 Å². The Labute approximate surface area is 258 Å². The lowest BCUT2D eigenvalue weighted by Crippen LogP contribution is -2.53. The predicted molar refractivity (Wildman–Crippen MR) is 168 cm³/mol. The van der Waals surface area contributed by atoms with Crippen LogP contribution in [0, 0.1) is 13.8 Å². The van der Waals surface area contributed by atoms with Crippen molar-refractivity contribution < 1.29 is 18.0 Å². The fraction of sp³-hybridized carbons (Fsp3) is 0.375. The molecule has 0 bridgehead atoms. The number of carbonyl (C=O) groups is 2. The molecule has 0 saturated heterocycles. The number of halogens is 2. The van der Waals surface area contributed by atoms with Gasteiger partial charge >= 0.3 is 0 Å². The molecule has 1 aliphatic rings. The summed E-state index contributed by atoms with van der Waals surface area (Å²) in [6.07, 6.45) is 4.28. The largest absolute Gasteiger partial charge is 0.352 e. The number of hydrogen-bond donors (Lipinski definition) is 1. The fourth-order valence-electron chi connectivity index (χ4n) is 5.21. The van der Waals surface area contributed by atoms with E-state index in [1.807, 2.05) is 45.0 Å². The molecule has 0 heterocycles. The van der Waals surface area contributed by atoms with Crippen LogP contribution >= 0.6 is 23.2 Å². The Morgan fingerprint density at radius 1 is 0.929 bits per heavy atom. The van der Waals surface area contributed by atoms with E-state index in [1.54, 1.807) is 24.3 Å². The van der Waals surface area contributed by atoms with Gasteiger partial charge in [0, 0.05) is 12.6 Å². The van der Waals surface area contributed by atoms with Gasteiger partial charge < -0.3 is 10.2 Å². The molecule has 0 spiro atoms. The molecule has 0 unspecified atom stereocenters. The summed E-state index contributed by atoms with van der Waals surface area (Å²) in [6, 6.07) is 18.0. The first-order valence-corrected chi connectivity index (χ1v) is 16.4. The minimum absolute atomic E-state index is 0.00745. The number of aryl methyl sites for hydroxylation is 2. The maximum Gasteiger partial charge on any atom is 0.264 e. The molecule has 3 aromatic rings. The first-order chi connectivity index (χ1) is 20.0. The van der Waals surface area contributed by atoms with E-state index in [2.05, 4.69) is 5.32 Å². The SMILES string of the molecule is CC[C@@H](C(=O)NC1CCCC1)N(Cc1ccc(C)cc1)C(=O)CN(c1cccc(Cl)c1Cl)S(=O)(=O)c1ccc(C)cc1. The number of hydrogen-bond acceptors (Lipinski definition) is 4. The van der Waals surface area contributed by atoms with E-state index in [0.717, 1.165) is 46.7 Å². The summed E-state index contributed by atoms with van der Waals surface area (Å²) >= 11 is 12.8. The van der Waals surface area contributed by atoms with E-state index < -0.39 is 28.5 Å². The molecule has 0 aliphatic heterocycles. The fourth-order valence-corrected chi connectivity index (χ4v) is 7.09. The predicted octanol–water partition coefficient (Wildman–Crippen LogP) is 6.67. The van der Waals surface area contributed by atoms with Crippen molar-refractivity contribution in [2.24, 2.45) is 0 Å². The average Bonchev–Trinajstić information content (AvgIpc) is 3.47. The maximum absolute atomic E-state index is 14.2. The first-order valence-electron chi connectivity index (χ1n) is 14.2. The van der Waals surface area contributed by atoms with Crippen molar-refractivity contribution >= 4 is 50.7 Å². The van der Waals surface area contributed by atoms with E-state index >= 15 is 0 Å². The van der Waals surface area contributed by atoms with Gasteiger partial charge in [0.1, 0.15) is 12.6 Å². The van der Waals surface area contributed by atoms with Gasteiger partial charge in [-0.15, -0.1) is 0 Å². The Hall–Kier alpha value is -3.07. The molecule has 1 aliphatic carbocycles. The number of nitrogens with one attached hydrogen (secondary N) is 1. The molecule has 3 aromatic carbocycles. The average molecular weight is 631 g/mol. The third kappa shape index (κ3) is 7.46. The molecule has 0 aromatic heterocycles. The third-order valence-corrected chi connectivity index (χ3v) is 10.2. The van der Waals surface area contributed by atoms with Crippen molar-refractivity contribution in [1.82, 2.24) is 10.2 Å². The summed E-state index contributed by atoms with van der Waals surface area (Å²) in [5.41, 5.74) is 2.86. The molecule has 1 atom stereocenters. The lowest BCUT2D eigenvalue weighted by molar-refractivity contribution is -0.140. The molecular weight excluding hydrogens is 593 g/mol. The van der Waals surface area contributed by atoms with Crippen LogP contribution in [0.3, 0.4) is 0 Å². The van der Waals surface area contributed by atoms with Gasteiger partial charge in [-0.1, -0.05) is 96.6 Å². The highest BCUT2D eigenvalue weighted by Crippen LogP contribution is 2.35. The van der Waals surface area contributed by atoms with Gasteiger partial charge in [0.15, 0.2) is 0 Å². The molecule has 1 fully saturated rings. The van der Waals surface area contributed by atoms with E-state index in [0.29, 0.717) is 6.42 Å². The van der Waals surface area contributed by atoms with Crippen molar-refractivity contribution in [1.29, 1.82) is 0 Å². The van der Waals surface area contributed by atoms with E-state index in [4.69, 9.17) is 23.2 Å². The Bertz CT molecular complexity index is 1510. The highest BCUT2D eigenvalue weighted by Gasteiger charge is 2.35. The summed E-state index contributed by atoms with van der Waals surface area (Å²) in [5, 5.41) is 3.29. The molecule has 2 amide bonds. The van der Waals surface area contributed by atoms with Crippen molar-refractivity contribution in [2.75, 3.05) is 10.8 Å². The summed E-state index contributed by atoms with van der Waals surface area (Å²) in [6.45, 7) is 5.24. The van der Waals surface area contributed by atoms with Gasteiger partial charge in [-0.25, -0.2) is 8.42 Å². The summed E-state index contributed by atoms with van der Waals surface area (Å²) in [7, 11) is -4.25. The van der Waals surface area contributed by atoms with E-state index in [-0.39, 0.29) is 39.1 Å². The minimum Gasteiger partial charge on any atom is -0.352 e. The Morgan fingerprint density at radius 2 is 1.52 bits per heavy atom. The summed E-state index contributed by atoms with van der Waals surface area (Å²) in [4.78, 5) is 29.3. The first kappa shape index (κ1) is 31.9. The van der Waals surface area contributed by atoms with Crippen LogP contribution in [0.4, 0.5) is 5.69 Å². The number of sulfonamides is 1. The van der Waals surface area contributed by atoms with E-state index in [1.165, 1.54) is 23.1 Å². The number of amides is 2. The maximum atomic E-state index is 14.2. The van der Waals surface area contributed by atoms with Crippen molar-refractivity contribution in [3.8, 4) is 0 Å². The number of carbonyl (C=O) groups excluding carboxylic acids is 2. The smallest absolute Gasteiger partial charge is 0.264 e. The molecule has 224 valence electrons. The zero-order chi connectivity index (χ0) is 30.4. The second-order valence-corrected chi connectivity index (χ2v) is 13.5. The second kappa shape index (κ2) is 13.9. The quantitative estimate of drug-likeness (QED) is 0.256. The van der Waals surface area contributed by atoms with Gasteiger partial charge in [-0.05, 0) is 62.9 Å². The lowest BCUT2D eigenvalue weighted by atomic mass is 10.1. The topological polar surface area (TPSA) is 86.8 Å². The molecular formula is C32H37Cl2N3O4S.